The van der Waals surface area contributed by atoms with Crippen LogP contribution in [0.3, 0.4) is 0 Å². The molecule has 0 amide bonds. The van der Waals surface area contributed by atoms with Gasteiger partial charge in [0.15, 0.2) is 0 Å². The Hall–Kier alpha value is -1.06. The SMILES string of the molecule is COc1ccc([C@@H](C)NCCN2CCCC2)cc1. The van der Waals surface area contributed by atoms with Gasteiger partial charge in [0.05, 0.1) is 7.11 Å². The van der Waals surface area contributed by atoms with Crippen LogP contribution in [0.25, 0.3) is 0 Å². The third kappa shape index (κ3) is 3.72. The van der Waals surface area contributed by atoms with Gasteiger partial charge in [0.1, 0.15) is 5.75 Å². The molecule has 0 radical (unpaired) electrons. The number of hydrogen-bond acceptors (Lipinski definition) is 3. The van der Waals surface area contributed by atoms with Crippen LogP contribution in [0.1, 0.15) is 31.4 Å². The molecule has 1 atom stereocenters. The maximum absolute atomic E-state index is 5.17. The van der Waals surface area contributed by atoms with Crippen LogP contribution in [0, 0.1) is 0 Å². The van der Waals surface area contributed by atoms with Crippen LogP contribution in [0.5, 0.6) is 5.75 Å². The lowest BCUT2D eigenvalue weighted by atomic mass is 10.1. The van der Waals surface area contributed by atoms with E-state index in [1.165, 1.54) is 38.0 Å². The fraction of sp³-hybridized carbons (Fsp3) is 0.600. The molecule has 1 saturated heterocycles. The second kappa shape index (κ2) is 6.76. The molecule has 0 aliphatic carbocycles. The summed E-state index contributed by atoms with van der Waals surface area (Å²) in [5.41, 5.74) is 1.32. The summed E-state index contributed by atoms with van der Waals surface area (Å²) in [6, 6.07) is 8.71. The molecule has 1 aliphatic rings. The second-order valence-electron chi connectivity index (χ2n) is 5.00. The first kappa shape index (κ1) is 13.4. The van der Waals surface area contributed by atoms with E-state index in [9.17, 15) is 0 Å². The average Bonchev–Trinajstić information content (AvgIpc) is 2.92. The first-order chi connectivity index (χ1) is 8.79. The molecule has 0 spiro atoms. The molecule has 1 N–H and O–H groups in total. The highest BCUT2D eigenvalue weighted by atomic mass is 16.5. The van der Waals surface area contributed by atoms with Crippen molar-refractivity contribution in [3.05, 3.63) is 29.8 Å². The van der Waals surface area contributed by atoms with E-state index in [-0.39, 0.29) is 0 Å². The summed E-state index contributed by atoms with van der Waals surface area (Å²) in [7, 11) is 1.70. The first-order valence-corrected chi connectivity index (χ1v) is 6.89. The Morgan fingerprint density at radius 3 is 2.50 bits per heavy atom. The maximum Gasteiger partial charge on any atom is 0.118 e. The number of nitrogens with zero attached hydrogens (tertiary/aromatic N) is 1. The lowest BCUT2D eigenvalue weighted by Gasteiger charge is -2.18. The minimum Gasteiger partial charge on any atom is -0.497 e. The Morgan fingerprint density at radius 1 is 1.22 bits per heavy atom. The molecule has 1 aliphatic heterocycles. The van der Waals surface area contributed by atoms with Crippen LogP contribution in [-0.4, -0.2) is 38.2 Å². The summed E-state index contributed by atoms with van der Waals surface area (Å²) >= 11 is 0. The molecule has 1 aromatic carbocycles. The number of ether oxygens (including phenoxy) is 1. The van der Waals surface area contributed by atoms with Crippen LogP contribution in [0.2, 0.25) is 0 Å². The Labute approximate surface area is 110 Å². The van der Waals surface area contributed by atoms with E-state index < -0.39 is 0 Å². The molecule has 1 aromatic rings. The smallest absolute Gasteiger partial charge is 0.118 e. The van der Waals surface area contributed by atoms with Crippen molar-refractivity contribution in [2.45, 2.75) is 25.8 Å². The highest BCUT2D eigenvalue weighted by Gasteiger charge is 2.11. The van der Waals surface area contributed by atoms with Gasteiger partial charge in [0.2, 0.25) is 0 Å². The Morgan fingerprint density at radius 2 is 1.89 bits per heavy atom. The van der Waals surface area contributed by atoms with E-state index >= 15 is 0 Å². The lowest BCUT2D eigenvalue weighted by molar-refractivity contribution is 0.330. The summed E-state index contributed by atoms with van der Waals surface area (Å²) < 4.78 is 5.17. The lowest BCUT2D eigenvalue weighted by Crippen LogP contribution is -2.31. The highest BCUT2D eigenvalue weighted by molar-refractivity contribution is 5.28. The van der Waals surface area contributed by atoms with Crippen molar-refractivity contribution in [1.82, 2.24) is 10.2 Å². The minimum atomic E-state index is 0.401. The fourth-order valence-electron chi connectivity index (χ4n) is 2.46. The van der Waals surface area contributed by atoms with Crippen molar-refractivity contribution in [1.29, 1.82) is 0 Å². The molecular weight excluding hydrogens is 224 g/mol. The highest BCUT2D eigenvalue weighted by Crippen LogP contribution is 2.17. The monoisotopic (exact) mass is 248 g/mol. The summed E-state index contributed by atoms with van der Waals surface area (Å²) in [5, 5.41) is 3.58. The van der Waals surface area contributed by atoms with Crippen LogP contribution in [0.15, 0.2) is 24.3 Å². The molecule has 1 heterocycles. The topological polar surface area (TPSA) is 24.5 Å². The zero-order chi connectivity index (χ0) is 12.8. The zero-order valence-electron chi connectivity index (χ0n) is 11.5. The van der Waals surface area contributed by atoms with Crippen LogP contribution < -0.4 is 10.1 Å². The number of nitrogens with one attached hydrogen (secondary N) is 1. The third-order valence-electron chi connectivity index (χ3n) is 3.69. The minimum absolute atomic E-state index is 0.401. The van der Waals surface area contributed by atoms with E-state index in [1.54, 1.807) is 7.11 Å². The van der Waals surface area contributed by atoms with Gasteiger partial charge < -0.3 is 15.0 Å². The summed E-state index contributed by atoms with van der Waals surface area (Å²) in [6.45, 7) is 7.00. The van der Waals surface area contributed by atoms with Crippen LogP contribution in [0.4, 0.5) is 0 Å². The number of benzene rings is 1. The van der Waals surface area contributed by atoms with Crippen molar-refractivity contribution in [2.75, 3.05) is 33.3 Å². The van der Waals surface area contributed by atoms with Gasteiger partial charge in [-0.15, -0.1) is 0 Å². The van der Waals surface area contributed by atoms with E-state index in [1.807, 2.05) is 12.1 Å². The van der Waals surface area contributed by atoms with Crippen molar-refractivity contribution in [3.8, 4) is 5.75 Å². The van der Waals surface area contributed by atoms with Gasteiger partial charge in [-0.3, -0.25) is 0 Å². The normalized spacial score (nSPS) is 17.9. The standard InChI is InChI=1S/C15H24N2O/c1-13(14-5-7-15(18-2)8-6-14)16-9-12-17-10-3-4-11-17/h5-8,13,16H,3-4,9-12H2,1-2H3/t13-/m1/s1. The summed E-state index contributed by atoms with van der Waals surface area (Å²) in [4.78, 5) is 2.54. The number of methoxy groups -OCH3 is 1. The molecule has 3 heteroatoms. The predicted molar refractivity (Wildman–Crippen MR) is 75.1 cm³/mol. The number of rotatable bonds is 6. The maximum atomic E-state index is 5.17. The number of hydrogen-bond donors (Lipinski definition) is 1. The zero-order valence-corrected chi connectivity index (χ0v) is 11.5. The van der Waals surface area contributed by atoms with Crippen LogP contribution >= 0.6 is 0 Å². The van der Waals surface area contributed by atoms with E-state index in [2.05, 4.69) is 29.3 Å². The Balaban J connectivity index is 1.74. The van der Waals surface area contributed by atoms with Gasteiger partial charge in [0.25, 0.3) is 0 Å². The molecule has 3 nitrogen and oxygen atoms in total. The molecule has 0 bridgehead atoms. The van der Waals surface area contributed by atoms with Crippen LogP contribution in [-0.2, 0) is 0 Å². The fourth-order valence-corrected chi connectivity index (χ4v) is 2.46. The molecule has 2 rings (SSSR count). The van der Waals surface area contributed by atoms with Crippen molar-refractivity contribution in [3.63, 3.8) is 0 Å². The predicted octanol–water partition coefficient (Wildman–Crippen LogP) is 2.44. The van der Waals surface area contributed by atoms with Crippen molar-refractivity contribution in [2.24, 2.45) is 0 Å². The van der Waals surface area contributed by atoms with Crippen molar-refractivity contribution >= 4 is 0 Å². The molecule has 0 aromatic heterocycles. The molecular formula is C15H24N2O. The van der Waals surface area contributed by atoms with Gasteiger partial charge in [-0.25, -0.2) is 0 Å². The third-order valence-corrected chi connectivity index (χ3v) is 3.69. The molecule has 1 fully saturated rings. The molecule has 0 saturated carbocycles. The summed E-state index contributed by atoms with van der Waals surface area (Å²) in [5.74, 6) is 0.919. The van der Waals surface area contributed by atoms with E-state index in [0.29, 0.717) is 6.04 Å². The van der Waals surface area contributed by atoms with Crippen molar-refractivity contribution < 1.29 is 4.74 Å². The van der Waals surface area contributed by atoms with Gasteiger partial charge >= 0.3 is 0 Å². The average molecular weight is 248 g/mol. The van der Waals surface area contributed by atoms with E-state index in [4.69, 9.17) is 4.74 Å². The quantitative estimate of drug-likeness (QED) is 0.837. The largest absolute Gasteiger partial charge is 0.497 e. The first-order valence-electron chi connectivity index (χ1n) is 6.89. The molecule has 0 unspecified atom stereocenters. The Kier molecular flexibility index (Phi) is 5.02. The van der Waals surface area contributed by atoms with Gasteiger partial charge in [0, 0.05) is 19.1 Å². The molecule has 100 valence electrons. The summed E-state index contributed by atoms with van der Waals surface area (Å²) in [6.07, 6.45) is 2.74. The van der Waals surface area contributed by atoms with Gasteiger partial charge in [-0.05, 0) is 50.6 Å². The Bertz CT molecular complexity index is 344. The number of likely N-dealkylation sites (tertiary alicyclic amines) is 1. The second-order valence-corrected chi connectivity index (χ2v) is 5.00. The molecule has 18 heavy (non-hydrogen) atoms. The van der Waals surface area contributed by atoms with E-state index in [0.717, 1.165) is 12.3 Å². The van der Waals surface area contributed by atoms with Gasteiger partial charge in [-0.1, -0.05) is 12.1 Å². The van der Waals surface area contributed by atoms with Gasteiger partial charge in [-0.2, -0.15) is 0 Å².